The van der Waals surface area contributed by atoms with E-state index < -0.39 is 0 Å². The van der Waals surface area contributed by atoms with Crippen LogP contribution < -0.4 is 0 Å². The Morgan fingerprint density at radius 1 is 0.864 bits per heavy atom. The molecule has 0 bridgehead atoms. The molecule has 22 heavy (non-hydrogen) atoms. The van der Waals surface area contributed by atoms with E-state index in [0.29, 0.717) is 5.92 Å². The fourth-order valence-corrected chi connectivity index (χ4v) is 3.78. The average Bonchev–Trinajstić information content (AvgIpc) is 2.92. The molecule has 0 fully saturated rings. The van der Waals surface area contributed by atoms with Crippen molar-refractivity contribution in [1.82, 2.24) is 0 Å². The van der Waals surface area contributed by atoms with Gasteiger partial charge in [-0.1, -0.05) is 60.7 Å². The highest BCUT2D eigenvalue weighted by Crippen LogP contribution is 2.42. The van der Waals surface area contributed by atoms with E-state index in [1.54, 1.807) is 0 Å². The minimum atomic E-state index is 0.413. The Labute approximate surface area is 132 Å². The molecule has 2 aliphatic carbocycles. The van der Waals surface area contributed by atoms with Gasteiger partial charge in [-0.15, -0.1) is 0 Å². The predicted molar refractivity (Wildman–Crippen MR) is 95.9 cm³/mol. The molecule has 0 saturated carbocycles. The molecule has 0 spiro atoms. The van der Waals surface area contributed by atoms with Crippen molar-refractivity contribution >= 4 is 16.3 Å². The SMILES string of the molecule is CC1=C2C=CC=C(c3cccc4c(C)ccc(C)c34)C2C=C1. The number of hydrogen-bond donors (Lipinski definition) is 0. The third kappa shape index (κ3) is 1.84. The van der Waals surface area contributed by atoms with Crippen LogP contribution in [0.15, 0.2) is 71.9 Å². The van der Waals surface area contributed by atoms with E-state index in [1.807, 2.05) is 0 Å². The Morgan fingerprint density at radius 2 is 1.68 bits per heavy atom. The molecule has 2 aliphatic rings. The predicted octanol–water partition coefficient (Wildman–Crippen LogP) is 5.91. The summed E-state index contributed by atoms with van der Waals surface area (Å²) in [6.07, 6.45) is 11.3. The number of hydrogen-bond acceptors (Lipinski definition) is 0. The van der Waals surface area contributed by atoms with Crippen molar-refractivity contribution in [2.24, 2.45) is 5.92 Å². The van der Waals surface area contributed by atoms with Gasteiger partial charge in [0.15, 0.2) is 0 Å². The molecule has 0 N–H and O–H groups in total. The van der Waals surface area contributed by atoms with Gasteiger partial charge in [0, 0.05) is 5.92 Å². The second kappa shape index (κ2) is 4.84. The van der Waals surface area contributed by atoms with Gasteiger partial charge in [0.2, 0.25) is 0 Å². The normalized spacial score (nSPS) is 19.8. The Morgan fingerprint density at radius 3 is 2.55 bits per heavy atom. The maximum absolute atomic E-state index is 2.34. The smallest absolute Gasteiger partial charge is 0.0281 e. The minimum absolute atomic E-state index is 0.413. The van der Waals surface area contributed by atoms with Gasteiger partial charge in [0.05, 0.1) is 0 Å². The Kier molecular flexibility index (Phi) is 2.94. The van der Waals surface area contributed by atoms with Gasteiger partial charge in [-0.05, 0) is 65.0 Å². The molecule has 0 aliphatic heterocycles. The first-order valence-electron chi connectivity index (χ1n) is 7.93. The third-order valence-electron chi connectivity index (χ3n) is 4.99. The van der Waals surface area contributed by atoms with Gasteiger partial charge in [-0.2, -0.15) is 0 Å². The Hall–Kier alpha value is -2.34. The van der Waals surface area contributed by atoms with Gasteiger partial charge < -0.3 is 0 Å². The van der Waals surface area contributed by atoms with Gasteiger partial charge in [-0.25, -0.2) is 0 Å². The zero-order valence-electron chi connectivity index (χ0n) is 13.4. The van der Waals surface area contributed by atoms with E-state index in [-0.39, 0.29) is 0 Å². The summed E-state index contributed by atoms with van der Waals surface area (Å²) in [6.45, 7) is 6.63. The van der Waals surface area contributed by atoms with Crippen LogP contribution in [0.4, 0.5) is 0 Å². The Balaban J connectivity index is 2.00. The molecule has 0 saturated heterocycles. The Bertz CT molecular complexity index is 901. The maximum atomic E-state index is 2.34. The summed E-state index contributed by atoms with van der Waals surface area (Å²) >= 11 is 0. The molecular weight excluding hydrogens is 264 g/mol. The van der Waals surface area contributed by atoms with Crippen LogP contribution in [-0.2, 0) is 0 Å². The number of aryl methyl sites for hydroxylation is 2. The summed E-state index contributed by atoms with van der Waals surface area (Å²) in [5.41, 5.74) is 8.34. The number of allylic oxidation sites excluding steroid dienone is 8. The molecule has 4 rings (SSSR count). The summed E-state index contributed by atoms with van der Waals surface area (Å²) in [4.78, 5) is 0. The first-order valence-corrected chi connectivity index (χ1v) is 7.93. The van der Waals surface area contributed by atoms with E-state index in [1.165, 1.54) is 44.2 Å². The van der Waals surface area contributed by atoms with Crippen LogP contribution in [0.2, 0.25) is 0 Å². The quantitative estimate of drug-likeness (QED) is 0.610. The first kappa shape index (κ1) is 13.3. The topological polar surface area (TPSA) is 0 Å². The van der Waals surface area contributed by atoms with Gasteiger partial charge in [0.1, 0.15) is 0 Å². The van der Waals surface area contributed by atoms with E-state index in [2.05, 4.69) is 81.5 Å². The van der Waals surface area contributed by atoms with E-state index >= 15 is 0 Å². The van der Waals surface area contributed by atoms with Crippen molar-refractivity contribution in [3.8, 4) is 0 Å². The van der Waals surface area contributed by atoms with Gasteiger partial charge in [0.25, 0.3) is 0 Å². The molecule has 0 nitrogen and oxygen atoms in total. The summed E-state index contributed by atoms with van der Waals surface area (Å²) < 4.78 is 0. The number of fused-ring (bicyclic) bond motifs is 2. The summed E-state index contributed by atoms with van der Waals surface area (Å²) in [6, 6.07) is 11.2. The van der Waals surface area contributed by atoms with Crippen LogP contribution in [0, 0.1) is 19.8 Å². The van der Waals surface area contributed by atoms with Crippen LogP contribution in [0.5, 0.6) is 0 Å². The third-order valence-corrected chi connectivity index (χ3v) is 4.99. The van der Waals surface area contributed by atoms with Crippen molar-refractivity contribution in [1.29, 1.82) is 0 Å². The van der Waals surface area contributed by atoms with E-state index in [9.17, 15) is 0 Å². The fourth-order valence-electron chi connectivity index (χ4n) is 3.78. The second-order valence-electron chi connectivity index (χ2n) is 6.38. The van der Waals surface area contributed by atoms with Crippen molar-refractivity contribution in [3.05, 3.63) is 88.5 Å². The fraction of sp³-hybridized carbons (Fsp3) is 0.182. The standard InChI is InChI=1S/C22H20/c1-14-12-13-20-17(14)6-4-8-19(20)21-9-5-7-18-15(2)10-11-16(3)22(18)21/h4-13,20H,1-3H3. The highest BCUT2D eigenvalue weighted by Gasteiger charge is 2.24. The van der Waals surface area contributed by atoms with Crippen molar-refractivity contribution < 1.29 is 0 Å². The molecule has 108 valence electrons. The lowest BCUT2D eigenvalue weighted by Gasteiger charge is -2.22. The average molecular weight is 284 g/mol. The molecule has 2 aromatic carbocycles. The lowest BCUT2D eigenvalue weighted by atomic mass is 9.81. The van der Waals surface area contributed by atoms with E-state index in [0.717, 1.165) is 0 Å². The molecule has 0 radical (unpaired) electrons. The number of rotatable bonds is 1. The van der Waals surface area contributed by atoms with Crippen LogP contribution in [0.3, 0.4) is 0 Å². The number of benzene rings is 2. The lowest BCUT2D eigenvalue weighted by molar-refractivity contribution is 1.04. The summed E-state index contributed by atoms with van der Waals surface area (Å²) in [5, 5.41) is 2.78. The van der Waals surface area contributed by atoms with E-state index in [4.69, 9.17) is 0 Å². The van der Waals surface area contributed by atoms with Gasteiger partial charge >= 0.3 is 0 Å². The largest absolute Gasteiger partial charge is 0.0723 e. The van der Waals surface area contributed by atoms with Crippen molar-refractivity contribution in [3.63, 3.8) is 0 Å². The maximum Gasteiger partial charge on any atom is 0.0281 e. The van der Waals surface area contributed by atoms with Crippen molar-refractivity contribution in [2.45, 2.75) is 20.8 Å². The van der Waals surface area contributed by atoms with Crippen molar-refractivity contribution in [2.75, 3.05) is 0 Å². The van der Waals surface area contributed by atoms with Crippen LogP contribution in [-0.4, -0.2) is 0 Å². The molecule has 0 aromatic heterocycles. The summed E-state index contributed by atoms with van der Waals surface area (Å²) in [5.74, 6) is 0.413. The monoisotopic (exact) mass is 284 g/mol. The molecule has 1 unspecified atom stereocenters. The van der Waals surface area contributed by atoms with Gasteiger partial charge in [-0.3, -0.25) is 0 Å². The van der Waals surface area contributed by atoms with Crippen LogP contribution in [0.1, 0.15) is 23.6 Å². The highest BCUT2D eigenvalue weighted by molar-refractivity contribution is 5.99. The molecule has 2 aromatic rings. The molecule has 0 heteroatoms. The molecule has 0 heterocycles. The molecule has 0 amide bonds. The zero-order chi connectivity index (χ0) is 15.3. The second-order valence-corrected chi connectivity index (χ2v) is 6.38. The zero-order valence-corrected chi connectivity index (χ0v) is 13.4. The first-order chi connectivity index (χ1) is 10.7. The molecular formula is C22H20. The molecule has 1 atom stereocenters. The lowest BCUT2D eigenvalue weighted by Crippen LogP contribution is -2.05. The van der Waals surface area contributed by atoms with Crippen LogP contribution >= 0.6 is 0 Å². The van der Waals surface area contributed by atoms with Crippen LogP contribution in [0.25, 0.3) is 16.3 Å². The minimum Gasteiger partial charge on any atom is -0.0723 e. The highest BCUT2D eigenvalue weighted by atomic mass is 14.3. The summed E-state index contributed by atoms with van der Waals surface area (Å²) in [7, 11) is 0.